The average Bonchev–Trinajstić information content (AvgIpc) is 3.35. The molecule has 2 amide bonds. The molecular formula is C35H40N4O6. The molecule has 0 fully saturated rings. The summed E-state index contributed by atoms with van der Waals surface area (Å²) in [5.41, 5.74) is 2.69. The second-order valence-corrected chi connectivity index (χ2v) is 12.6. The van der Waals surface area contributed by atoms with Crippen molar-refractivity contribution in [2.45, 2.75) is 59.2 Å². The minimum absolute atomic E-state index is 0.0459. The Morgan fingerprint density at radius 1 is 0.822 bits per heavy atom. The van der Waals surface area contributed by atoms with Gasteiger partial charge in [0.05, 0.1) is 12.7 Å². The van der Waals surface area contributed by atoms with Gasteiger partial charge >= 0.3 is 12.1 Å². The molecule has 0 aliphatic carbocycles. The van der Waals surface area contributed by atoms with E-state index in [1.165, 1.54) is 0 Å². The van der Waals surface area contributed by atoms with Gasteiger partial charge in [-0.3, -0.25) is 15.5 Å². The van der Waals surface area contributed by atoms with Crippen LogP contribution in [0.2, 0.25) is 0 Å². The number of alkyl carbamates (subject to hydrolysis) is 1. The fraction of sp³-hybridized carbons (Fsp3) is 0.314. The summed E-state index contributed by atoms with van der Waals surface area (Å²) in [4.78, 5) is 41.5. The molecule has 10 heteroatoms. The fourth-order valence-corrected chi connectivity index (χ4v) is 4.62. The number of methoxy groups -OCH3 is 1. The number of H-pyrrole nitrogens is 1. The molecule has 0 radical (unpaired) electrons. The van der Waals surface area contributed by atoms with Gasteiger partial charge < -0.3 is 24.5 Å². The molecular weight excluding hydrogens is 572 g/mol. The van der Waals surface area contributed by atoms with E-state index in [2.05, 4.69) is 15.6 Å². The molecule has 0 aliphatic heterocycles. The number of rotatable bonds is 8. The van der Waals surface area contributed by atoms with Crippen molar-refractivity contribution in [3.8, 4) is 16.9 Å². The van der Waals surface area contributed by atoms with Crippen LogP contribution in [0.4, 0.5) is 4.79 Å². The van der Waals surface area contributed by atoms with Crippen LogP contribution in [-0.4, -0.2) is 53.6 Å². The van der Waals surface area contributed by atoms with Crippen LogP contribution in [-0.2, 0) is 15.9 Å². The largest absolute Gasteiger partial charge is 0.497 e. The zero-order valence-electron chi connectivity index (χ0n) is 26.7. The van der Waals surface area contributed by atoms with Gasteiger partial charge in [0.25, 0.3) is 5.91 Å². The number of benzene rings is 3. The summed E-state index contributed by atoms with van der Waals surface area (Å²) in [5, 5.41) is 14.6. The van der Waals surface area contributed by atoms with Gasteiger partial charge in [-0.25, -0.2) is 9.59 Å². The first-order chi connectivity index (χ1) is 21.1. The van der Waals surface area contributed by atoms with Crippen LogP contribution in [0.1, 0.15) is 73.5 Å². The number of amidine groups is 1. The molecule has 10 nitrogen and oxygen atoms in total. The van der Waals surface area contributed by atoms with E-state index in [1.807, 2.05) is 48.5 Å². The van der Waals surface area contributed by atoms with Crippen molar-refractivity contribution in [1.82, 2.24) is 15.6 Å². The van der Waals surface area contributed by atoms with Crippen molar-refractivity contribution in [2.24, 2.45) is 0 Å². The lowest BCUT2D eigenvalue weighted by atomic mass is 10.0. The van der Waals surface area contributed by atoms with E-state index in [4.69, 9.17) is 19.6 Å². The SMILES string of the molecule is COc1ccc(-c2ccc(C(=O)NCCc3ccc4[nH]c(C(=O)OC(C)(C)C)c(C(=N)NC(=O)OC(C)(C)C)c4c3)cc2)cc1. The van der Waals surface area contributed by atoms with Gasteiger partial charge in [0.2, 0.25) is 0 Å². The van der Waals surface area contributed by atoms with Crippen LogP contribution < -0.4 is 15.4 Å². The van der Waals surface area contributed by atoms with Crippen molar-refractivity contribution in [3.63, 3.8) is 0 Å². The smallest absolute Gasteiger partial charge is 0.413 e. The van der Waals surface area contributed by atoms with E-state index in [1.54, 1.807) is 66.9 Å². The normalized spacial score (nSPS) is 11.5. The maximum Gasteiger partial charge on any atom is 0.413 e. The molecule has 0 bridgehead atoms. The number of fused-ring (bicyclic) bond motifs is 1. The predicted molar refractivity (Wildman–Crippen MR) is 174 cm³/mol. The minimum atomic E-state index is -0.812. The topological polar surface area (TPSA) is 143 Å². The maximum absolute atomic E-state index is 13.1. The third-order valence-electron chi connectivity index (χ3n) is 6.61. The molecule has 236 valence electrons. The Kier molecular flexibility index (Phi) is 9.66. The summed E-state index contributed by atoms with van der Waals surface area (Å²) in [6, 6.07) is 20.6. The van der Waals surface area contributed by atoms with Crippen molar-refractivity contribution in [1.29, 1.82) is 5.41 Å². The van der Waals surface area contributed by atoms with Crippen LogP contribution in [0.15, 0.2) is 66.7 Å². The summed E-state index contributed by atoms with van der Waals surface area (Å²) >= 11 is 0. The number of aromatic amines is 1. The van der Waals surface area contributed by atoms with Crippen LogP contribution in [0.25, 0.3) is 22.0 Å². The predicted octanol–water partition coefficient (Wildman–Crippen LogP) is 6.62. The highest BCUT2D eigenvalue weighted by atomic mass is 16.6. The van der Waals surface area contributed by atoms with Gasteiger partial charge in [-0.05, 0) is 101 Å². The number of nitrogens with one attached hydrogen (secondary N) is 4. The molecule has 4 aromatic rings. The average molecular weight is 613 g/mol. The maximum atomic E-state index is 13.1. The Hall–Kier alpha value is -5.12. The van der Waals surface area contributed by atoms with Gasteiger partial charge in [0.15, 0.2) is 0 Å². The van der Waals surface area contributed by atoms with Crippen molar-refractivity contribution >= 4 is 34.7 Å². The number of hydrogen-bond donors (Lipinski definition) is 4. The van der Waals surface area contributed by atoms with Crippen LogP contribution in [0, 0.1) is 5.41 Å². The standard InChI is InChI=1S/C35H40N4O6/c1-34(2,3)44-32(41)29-28(30(36)39-33(42)45-35(4,5)6)26-20-21(8-17-27(26)38-29)18-19-37-31(40)24-11-9-22(10-12-24)23-13-15-25(43-7)16-14-23/h8-17,20,38H,18-19H2,1-7H3,(H,37,40)(H2,36,39,42). The summed E-state index contributed by atoms with van der Waals surface area (Å²) in [6.07, 6.45) is -0.321. The Morgan fingerprint density at radius 2 is 1.42 bits per heavy atom. The first kappa shape index (κ1) is 32.8. The molecule has 0 spiro atoms. The van der Waals surface area contributed by atoms with Gasteiger partial charge in [-0.2, -0.15) is 0 Å². The van der Waals surface area contributed by atoms with E-state index in [9.17, 15) is 14.4 Å². The molecule has 1 aromatic heterocycles. The van der Waals surface area contributed by atoms with E-state index >= 15 is 0 Å². The lowest BCUT2D eigenvalue weighted by molar-refractivity contribution is 0.00629. The molecule has 0 saturated carbocycles. The molecule has 0 aliphatic rings. The Morgan fingerprint density at radius 3 is 2.00 bits per heavy atom. The molecule has 4 N–H and O–H groups in total. The molecule has 0 unspecified atom stereocenters. The number of carbonyl (C=O) groups is 3. The number of aromatic nitrogens is 1. The summed E-state index contributed by atoms with van der Waals surface area (Å²) in [5.74, 6) is -0.382. The first-order valence-electron chi connectivity index (χ1n) is 14.6. The lowest BCUT2D eigenvalue weighted by Gasteiger charge is -2.21. The van der Waals surface area contributed by atoms with Gasteiger partial charge in [-0.15, -0.1) is 0 Å². The summed E-state index contributed by atoms with van der Waals surface area (Å²) < 4.78 is 16.1. The van der Waals surface area contributed by atoms with Crippen LogP contribution in [0.5, 0.6) is 5.75 Å². The van der Waals surface area contributed by atoms with E-state index in [0.29, 0.717) is 29.4 Å². The monoisotopic (exact) mass is 612 g/mol. The number of amides is 2. The Bertz CT molecular complexity index is 1710. The fourth-order valence-electron chi connectivity index (χ4n) is 4.62. The van der Waals surface area contributed by atoms with Crippen molar-refractivity contribution < 1.29 is 28.6 Å². The van der Waals surface area contributed by atoms with E-state index in [-0.39, 0.29) is 23.0 Å². The molecule has 0 saturated heterocycles. The number of esters is 1. The highest BCUT2D eigenvalue weighted by Gasteiger charge is 2.28. The highest BCUT2D eigenvalue weighted by molar-refractivity contribution is 6.18. The second kappa shape index (κ2) is 13.3. The lowest BCUT2D eigenvalue weighted by Crippen LogP contribution is -2.37. The van der Waals surface area contributed by atoms with Gasteiger partial charge in [0.1, 0.15) is 28.5 Å². The van der Waals surface area contributed by atoms with Crippen LogP contribution >= 0.6 is 0 Å². The van der Waals surface area contributed by atoms with Crippen LogP contribution in [0.3, 0.4) is 0 Å². The molecule has 4 rings (SSSR count). The molecule has 3 aromatic carbocycles. The number of ether oxygens (including phenoxy) is 3. The van der Waals surface area contributed by atoms with E-state index < -0.39 is 23.3 Å². The van der Waals surface area contributed by atoms with Gasteiger partial charge in [-0.1, -0.05) is 30.3 Å². The summed E-state index contributed by atoms with van der Waals surface area (Å²) in [7, 11) is 1.62. The van der Waals surface area contributed by atoms with Crippen molar-refractivity contribution in [2.75, 3.05) is 13.7 Å². The third kappa shape index (κ3) is 8.72. The second-order valence-electron chi connectivity index (χ2n) is 12.6. The zero-order valence-corrected chi connectivity index (χ0v) is 26.7. The Balaban J connectivity index is 1.49. The Labute approximate surface area is 263 Å². The third-order valence-corrected chi connectivity index (χ3v) is 6.61. The minimum Gasteiger partial charge on any atom is -0.497 e. The number of carbonyl (C=O) groups excluding carboxylic acids is 3. The molecule has 1 heterocycles. The van der Waals surface area contributed by atoms with Crippen molar-refractivity contribution in [3.05, 3.63) is 89.1 Å². The van der Waals surface area contributed by atoms with E-state index in [0.717, 1.165) is 22.4 Å². The molecule has 0 atom stereocenters. The quantitative estimate of drug-likeness (QED) is 0.100. The number of hydrogen-bond acceptors (Lipinski definition) is 7. The summed E-state index contributed by atoms with van der Waals surface area (Å²) in [6.45, 7) is 10.8. The van der Waals surface area contributed by atoms with Gasteiger partial charge in [0, 0.05) is 23.0 Å². The first-order valence-corrected chi connectivity index (χ1v) is 14.6. The highest BCUT2D eigenvalue weighted by Crippen LogP contribution is 2.27. The zero-order chi connectivity index (χ0) is 32.9. The molecule has 45 heavy (non-hydrogen) atoms.